The number of rotatable bonds is 2. The van der Waals surface area contributed by atoms with Gasteiger partial charge in [-0.05, 0) is 41.4 Å². The van der Waals surface area contributed by atoms with Crippen LogP contribution >= 0.6 is 15.9 Å². The minimum absolute atomic E-state index is 0.340. The first-order chi connectivity index (χ1) is 8.84. The van der Waals surface area contributed by atoms with Gasteiger partial charge in [0.15, 0.2) is 0 Å². The van der Waals surface area contributed by atoms with Crippen LogP contribution in [0.4, 0.5) is 11.4 Å². The number of β-amino-alcohol motifs (C(OH)–C–C–N with tert-alkyl or cyclic N) is 1. The molecule has 1 heterocycles. The largest absolute Gasteiger partial charge is 0.465 e. The highest BCUT2D eigenvalue weighted by Crippen LogP contribution is 2.35. The first kappa shape index (κ1) is 14.1. The van der Waals surface area contributed by atoms with Gasteiger partial charge in [-0.25, -0.2) is 4.79 Å². The van der Waals surface area contributed by atoms with E-state index in [4.69, 9.17) is 10.5 Å². The minimum atomic E-state index is -0.702. The molecule has 1 aromatic rings. The molecule has 5 nitrogen and oxygen atoms in total. The Labute approximate surface area is 120 Å². The fourth-order valence-electron chi connectivity index (χ4n) is 2.26. The SMILES string of the molecule is COC(=O)c1cc(N2CCC(C)(O)C2)c(Br)cc1N. The number of hydrogen-bond donors (Lipinski definition) is 2. The molecule has 3 N–H and O–H groups in total. The molecule has 0 aromatic heterocycles. The minimum Gasteiger partial charge on any atom is -0.465 e. The zero-order valence-corrected chi connectivity index (χ0v) is 12.5. The van der Waals surface area contributed by atoms with Crippen molar-refractivity contribution < 1.29 is 14.6 Å². The van der Waals surface area contributed by atoms with Crippen molar-refractivity contribution in [2.45, 2.75) is 18.9 Å². The van der Waals surface area contributed by atoms with E-state index in [1.54, 1.807) is 19.1 Å². The number of carbonyl (C=O) groups excluding carboxylic acids is 1. The van der Waals surface area contributed by atoms with Crippen LogP contribution in [0.2, 0.25) is 0 Å². The maximum atomic E-state index is 11.7. The third-order valence-corrected chi connectivity index (χ3v) is 3.95. The third kappa shape index (κ3) is 2.84. The Balaban J connectivity index is 2.38. The third-order valence-electron chi connectivity index (χ3n) is 3.32. The van der Waals surface area contributed by atoms with Crippen molar-refractivity contribution in [1.82, 2.24) is 0 Å². The normalized spacial score (nSPS) is 22.6. The molecule has 1 aromatic carbocycles. The monoisotopic (exact) mass is 328 g/mol. The molecule has 1 aliphatic rings. The van der Waals surface area contributed by atoms with Crippen molar-refractivity contribution in [1.29, 1.82) is 0 Å². The molecule has 1 fully saturated rings. The van der Waals surface area contributed by atoms with Crippen LogP contribution in [0.1, 0.15) is 23.7 Å². The Morgan fingerprint density at radius 3 is 2.79 bits per heavy atom. The molecule has 1 atom stereocenters. The number of ether oxygens (including phenoxy) is 1. The molecule has 19 heavy (non-hydrogen) atoms. The molecule has 2 rings (SSSR count). The molecule has 1 saturated heterocycles. The average molecular weight is 329 g/mol. The van der Waals surface area contributed by atoms with Crippen molar-refractivity contribution in [3.63, 3.8) is 0 Å². The molecule has 0 aliphatic carbocycles. The van der Waals surface area contributed by atoms with Crippen molar-refractivity contribution >= 4 is 33.3 Å². The lowest BCUT2D eigenvalue weighted by Gasteiger charge is -2.23. The van der Waals surface area contributed by atoms with E-state index in [1.165, 1.54) is 7.11 Å². The summed E-state index contributed by atoms with van der Waals surface area (Å²) in [6, 6.07) is 3.39. The van der Waals surface area contributed by atoms with Crippen molar-refractivity contribution in [2.75, 3.05) is 30.8 Å². The van der Waals surface area contributed by atoms with Crippen LogP contribution < -0.4 is 10.6 Å². The molecule has 1 aliphatic heterocycles. The van der Waals surface area contributed by atoms with Crippen LogP contribution in [-0.4, -0.2) is 36.9 Å². The highest BCUT2D eigenvalue weighted by molar-refractivity contribution is 9.10. The Morgan fingerprint density at radius 2 is 2.26 bits per heavy atom. The lowest BCUT2D eigenvalue weighted by Crippen LogP contribution is -2.29. The molecule has 0 amide bonds. The average Bonchev–Trinajstić information content (AvgIpc) is 2.68. The topological polar surface area (TPSA) is 75.8 Å². The van der Waals surface area contributed by atoms with E-state index in [-0.39, 0.29) is 0 Å². The van der Waals surface area contributed by atoms with Gasteiger partial charge >= 0.3 is 5.97 Å². The summed E-state index contributed by atoms with van der Waals surface area (Å²) in [5.74, 6) is -0.461. The predicted molar refractivity (Wildman–Crippen MR) is 77.3 cm³/mol. The summed E-state index contributed by atoms with van der Waals surface area (Å²) in [5, 5.41) is 10.0. The number of hydrogen-bond acceptors (Lipinski definition) is 5. The van der Waals surface area contributed by atoms with Gasteiger partial charge in [0.05, 0.1) is 24.0 Å². The quantitative estimate of drug-likeness (QED) is 0.639. The van der Waals surface area contributed by atoms with E-state index in [1.807, 2.05) is 4.90 Å². The number of anilines is 2. The number of nitrogens with zero attached hydrogens (tertiary/aromatic N) is 1. The standard InChI is InChI=1S/C13H17BrN2O3/c1-13(18)3-4-16(7-13)11-5-8(12(17)19-2)10(15)6-9(11)14/h5-6,18H,3-4,7,15H2,1-2H3. The van der Waals surface area contributed by atoms with E-state index in [0.717, 1.165) is 16.7 Å². The zero-order valence-electron chi connectivity index (χ0n) is 10.9. The number of carbonyl (C=O) groups is 1. The first-order valence-corrected chi connectivity index (χ1v) is 6.78. The van der Waals surface area contributed by atoms with Gasteiger partial charge < -0.3 is 20.5 Å². The van der Waals surface area contributed by atoms with E-state index >= 15 is 0 Å². The molecule has 0 saturated carbocycles. The van der Waals surface area contributed by atoms with E-state index in [0.29, 0.717) is 24.2 Å². The van der Waals surface area contributed by atoms with Crippen molar-refractivity contribution in [3.05, 3.63) is 22.2 Å². The summed E-state index contributed by atoms with van der Waals surface area (Å²) < 4.78 is 5.51. The fourth-order valence-corrected chi connectivity index (χ4v) is 2.87. The van der Waals surface area contributed by atoms with Crippen molar-refractivity contribution in [2.24, 2.45) is 0 Å². The maximum absolute atomic E-state index is 11.7. The van der Waals surface area contributed by atoms with Gasteiger partial charge in [-0.1, -0.05) is 0 Å². The molecule has 0 bridgehead atoms. The molecule has 104 valence electrons. The molecule has 0 radical (unpaired) electrons. The van der Waals surface area contributed by atoms with Gasteiger partial charge in [0.25, 0.3) is 0 Å². The first-order valence-electron chi connectivity index (χ1n) is 5.99. The van der Waals surface area contributed by atoms with Gasteiger partial charge in [-0.3, -0.25) is 0 Å². The Morgan fingerprint density at radius 1 is 1.58 bits per heavy atom. The van der Waals surface area contributed by atoms with E-state index < -0.39 is 11.6 Å². The van der Waals surface area contributed by atoms with Gasteiger partial charge in [0, 0.05) is 23.2 Å². The van der Waals surface area contributed by atoms with Crippen LogP contribution in [-0.2, 0) is 4.74 Å². The molecule has 6 heteroatoms. The van der Waals surface area contributed by atoms with Crippen LogP contribution in [0, 0.1) is 0 Å². The van der Waals surface area contributed by atoms with Crippen LogP contribution in [0.5, 0.6) is 0 Å². The summed E-state index contributed by atoms with van der Waals surface area (Å²) >= 11 is 3.44. The van der Waals surface area contributed by atoms with Crippen LogP contribution in [0.3, 0.4) is 0 Å². The summed E-state index contributed by atoms with van der Waals surface area (Å²) in [6.07, 6.45) is 0.692. The van der Waals surface area contributed by atoms with Gasteiger partial charge in [-0.15, -0.1) is 0 Å². The smallest absolute Gasteiger partial charge is 0.340 e. The summed E-state index contributed by atoms with van der Waals surface area (Å²) in [5.41, 5.74) is 6.67. The number of halogens is 1. The van der Waals surface area contributed by atoms with E-state index in [9.17, 15) is 9.90 Å². The number of nitrogens with two attached hydrogens (primary N) is 1. The number of aliphatic hydroxyl groups is 1. The maximum Gasteiger partial charge on any atom is 0.340 e. The predicted octanol–water partition coefficient (Wildman–Crippen LogP) is 1.78. The second kappa shape index (κ2) is 5.02. The number of esters is 1. The Kier molecular flexibility index (Phi) is 3.73. The Bertz CT molecular complexity index is 517. The summed E-state index contributed by atoms with van der Waals surface area (Å²) in [6.45, 7) is 3.06. The lowest BCUT2D eigenvalue weighted by molar-refractivity contribution is 0.0602. The van der Waals surface area contributed by atoms with Gasteiger partial charge in [-0.2, -0.15) is 0 Å². The van der Waals surface area contributed by atoms with Crippen LogP contribution in [0.25, 0.3) is 0 Å². The number of benzene rings is 1. The van der Waals surface area contributed by atoms with Gasteiger partial charge in [0.1, 0.15) is 0 Å². The number of nitrogen functional groups attached to an aromatic ring is 1. The highest BCUT2D eigenvalue weighted by Gasteiger charge is 2.32. The second-order valence-corrected chi connectivity index (χ2v) is 5.91. The molecular formula is C13H17BrN2O3. The number of methoxy groups -OCH3 is 1. The zero-order chi connectivity index (χ0) is 14.2. The lowest BCUT2D eigenvalue weighted by atomic mass is 10.1. The Hall–Kier alpha value is -1.27. The van der Waals surface area contributed by atoms with Crippen LogP contribution in [0.15, 0.2) is 16.6 Å². The fraction of sp³-hybridized carbons (Fsp3) is 0.462. The van der Waals surface area contributed by atoms with E-state index in [2.05, 4.69) is 15.9 Å². The summed E-state index contributed by atoms with van der Waals surface area (Å²) in [7, 11) is 1.32. The second-order valence-electron chi connectivity index (χ2n) is 5.05. The summed E-state index contributed by atoms with van der Waals surface area (Å²) in [4.78, 5) is 13.7. The molecule has 0 spiro atoms. The molecule has 1 unspecified atom stereocenters. The van der Waals surface area contributed by atoms with Crippen molar-refractivity contribution in [3.8, 4) is 0 Å². The molecular weight excluding hydrogens is 312 g/mol. The van der Waals surface area contributed by atoms with Gasteiger partial charge in [0.2, 0.25) is 0 Å². The highest BCUT2D eigenvalue weighted by atomic mass is 79.9.